The van der Waals surface area contributed by atoms with E-state index in [-0.39, 0.29) is 26.4 Å². The van der Waals surface area contributed by atoms with Gasteiger partial charge in [-0.1, -0.05) is 20.9 Å². The van der Waals surface area contributed by atoms with Gasteiger partial charge in [-0.3, -0.25) is 9.59 Å². The maximum absolute atomic E-state index is 11.5. The molecule has 0 saturated heterocycles. The molecule has 2 aromatic rings. The summed E-state index contributed by atoms with van der Waals surface area (Å²) in [5, 5.41) is 0. The van der Waals surface area contributed by atoms with Gasteiger partial charge in [-0.05, 0) is 74.6 Å². The zero-order valence-electron chi connectivity index (χ0n) is 17.8. The maximum atomic E-state index is 11.5. The molecule has 0 fully saturated rings. The Bertz CT molecular complexity index is 1080. The molecule has 0 bridgehead atoms. The minimum atomic E-state index is 0. The van der Waals surface area contributed by atoms with Gasteiger partial charge in [-0.15, -0.1) is 0 Å². The Labute approximate surface area is 204 Å². The highest BCUT2D eigenvalue weighted by atomic mass is 79.9. The van der Waals surface area contributed by atoms with Crippen molar-refractivity contribution in [2.45, 2.75) is 27.7 Å². The number of hydrogen-bond acceptors (Lipinski definition) is 6. The molecule has 0 unspecified atom stereocenters. The van der Waals surface area contributed by atoms with Crippen molar-refractivity contribution >= 4 is 39.6 Å². The van der Waals surface area contributed by atoms with E-state index in [0.717, 1.165) is 22.3 Å². The van der Waals surface area contributed by atoms with Crippen LogP contribution in [-0.2, 0) is 22.4 Å². The first-order valence-corrected chi connectivity index (χ1v) is 10.3. The van der Waals surface area contributed by atoms with Crippen molar-refractivity contribution in [3.05, 3.63) is 57.1 Å². The molecular formula is C26H31BrO6. The van der Waals surface area contributed by atoms with Crippen LogP contribution in [0.25, 0.3) is 12.2 Å². The standard InChI is InChI=1S/C12H11BrO3.C12H12O3.2CH4/c1-15-11-5-7-3-9(13)10(14)4-8(7)6-12(11)16-2;1-14-11-6-8-3-4-10(13)5-9(8)7-12(11)15-2;;/h3,5-6H,4H2,1-2H3;3-4,6-7H,5H2,1-2H3;2*1H4. The average Bonchev–Trinajstić information content (AvgIpc) is 2.78. The molecule has 0 aromatic heterocycles. The number of carbonyl (C=O) groups excluding carboxylic acids is 2. The van der Waals surface area contributed by atoms with Crippen LogP contribution in [0.4, 0.5) is 0 Å². The lowest BCUT2D eigenvalue weighted by Gasteiger charge is -2.16. The highest BCUT2D eigenvalue weighted by Gasteiger charge is 2.19. The summed E-state index contributed by atoms with van der Waals surface area (Å²) in [6, 6.07) is 7.47. The Kier molecular flexibility index (Phi) is 10.4. The molecule has 0 radical (unpaired) electrons. The topological polar surface area (TPSA) is 71.1 Å². The lowest BCUT2D eigenvalue weighted by atomic mass is 9.96. The number of allylic oxidation sites excluding steroid dienone is 2. The number of fused-ring (bicyclic) bond motifs is 2. The number of ether oxygens (including phenoxy) is 4. The lowest BCUT2D eigenvalue weighted by molar-refractivity contribution is -0.115. The van der Waals surface area contributed by atoms with Gasteiger partial charge in [-0.2, -0.15) is 0 Å². The predicted octanol–water partition coefficient (Wildman–Crippen LogP) is 5.68. The van der Waals surface area contributed by atoms with Gasteiger partial charge in [0.25, 0.3) is 0 Å². The van der Waals surface area contributed by atoms with E-state index in [1.807, 2.05) is 36.4 Å². The number of ketones is 2. The summed E-state index contributed by atoms with van der Waals surface area (Å²) in [6.07, 6.45) is 6.04. The third-order valence-electron chi connectivity index (χ3n) is 5.00. The van der Waals surface area contributed by atoms with Crippen molar-refractivity contribution in [1.82, 2.24) is 0 Å². The molecule has 178 valence electrons. The van der Waals surface area contributed by atoms with Crippen molar-refractivity contribution in [3.8, 4) is 23.0 Å². The van der Waals surface area contributed by atoms with E-state index in [9.17, 15) is 9.59 Å². The van der Waals surface area contributed by atoms with Gasteiger partial charge in [-0.25, -0.2) is 0 Å². The van der Waals surface area contributed by atoms with E-state index in [1.165, 1.54) is 0 Å². The third-order valence-corrected chi connectivity index (χ3v) is 5.68. The van der Waals surface area contributed by atoms with Crippen molar-refractivity contribution < 1.29 is 28.5 Å². The normalized spacial score (nSPS) is 13.1. The minimum absolute atomic E-state index is 0. The Hall–Kier alpha value is -3.06. The van der Waals surface area contributed by atoms with Crippen molar-refractivity contribution in [3.63, 3.8) is 0 Å². The second-order valence-electron chi connectivity index (χ2n) is 6.88. The molecule has 0 heterocycles. The summed E-state index contributed by atoms with van der Waals surface area (Å²) >= 11 is 3.25. The number of benzene rings is 2. The lowest BCUT2D eigenvalue weighted by Crippen LogP contribution is -2.09. The van der Waals surface area contributed by atoms with Crippen LogP contribution in [0, 0.1) is 0 Å². The number of Topliss-reactive ketones (excluding diaryl/α,β-unsaturated/α-hetero) is 1. The van der Waals surface area contributed by atoms with Gasteiger partial charge in [0, 0.05) is 12.8 Å². The van der Waals surface area contributed by atoms with Crippen LogP contribution in [0.5, 0.6) is 23.0 Å². The minimum Gasteiger partial charge on any atom is -0.493 e. The second-order valence-corrected chi connectivity index (χ2v) is 7.73. The fourth-order valence-electron chi connectivity index (χ4n) is 3.37. The molecule has 0 N–H and O–H groups in total. The van der Waals surface area contributed by atoms with E-state index in [4.69, 9.17) is 18.9 Å². The quantitative estimate of drug-likeness (QED) is 0.518. The van der Waals surface area contributed by atoms with Gasteiger partial charge >= 0.3 is 0 Å². The van der Waals surface area contributed by atoms with Crippen molar-refractivity contribution in [1.29, 1.82) is 0 Å². The van der Waals surface area contributed by atoms with Crippen molar-refractivity contribution in [2.75, 3.05) is 28.4 Å². The van der Waals surface area contributed by atoms with Crippen LogP contribution in [-0.4, -0.2) is 40.0 Å². The summed E-state index contributed by atoms with van der Waals surface area (Å²) in [4.78, 5) is 22.7. The smallest absolute Gasteiger partial charge is 0.174 e. The molecule has 0 aliphatic heterocycles. The molecular weight excluding hydrogens is 488 g/mol. The number of carbonyl (C=O) groups is 2. The SMILES string of the molecule is C.C.COc1cc2c(cc1OC)CC(=O)C(Br)=C2.COc1cc2c(cc1OC)CC(=O)C=C2. The fraction of sp³-hybridized carbons (Fsp3) is 0.308. The number of methoxy groups -OCH3 is 4. The van der Waals surface area contributed by atoms with E-state index in [2.05, 4.69) is 15.9 Å². The number of rotatable bonds is 4. The third kappa shape index (κ3) is 6.26. The Morgan fingerprint density at radius 2 is 1.12 bits per heavy atom. The average molecular weight is 519 g/mol. The van der Waals surface area contributed by atoms with Crippen molar-refractivity contribution in [2.24, 2.45) is 0 Å². The van der Waals surface area contributed by atoms with Crippen LogP contribution >= 0.6 is 15.9 Å². The van der Waals surface area contributed by atoms with Crippen LogP contribution in [0.3, 0.4) is 0 Å². The molecule has 33 heavy (non-hydrogen) atoms. The molecule has 2 aromatic carbocycles. The fourth-order valence-corrected chi connectivity index (χ4v) is 3.76. The van der Waals surface area contributed by atoms with Gasteiger partial charge in [0.05, 0.1) is 32.9 Å². The molecule has 2 aliphatic rings. The highest BCUT2D eigenvalue weighted by molar-refractivity contribution is 9.12. The van der Waals surface area contributed by atoms with Gasteiger partial charge in [0.15, 0.2) is 34.6 Å². The molecule has 2 aliphatic carbocycles. The van der Waals surface area contributed by atoms with Gasteiger partial charge in [0.2, 0.25) is 0 Å². The Morgan fingerprint density at radius 3 is 1.64 bits per heavy atom. The van der Waals surface area contributed by atoms with Gasteiger partial charge < -0.3 is 18.9 Å². The van der Waals surface area contributed by atoms with E-state index in [1.54, 1.807) is 34.5 Å². The van der Waals surface area contributed by atoms with Crippen LogP contribution < -0.4 is 18.9 Å². The summed E-state index contributed by atoms with van der Waals surface area (Å²) < 4.78 is 21.4. The largest absolute Gasteiger partial charge is 0.493 e. The zero-order chi connectivity index (χ0) is 22.5. The van der Waals surface area contributed by atoms with E-state index >= 15 is 0 Å². The van der Waals surface area contributed by atoms with E-state index < -0.39 is 0 Å². The number of hydrogen-bond donors (Lipinski definition) is 0. The monoisotopic (exact) mass is 518 g/mol. The first-order valence-electron chi connectivity index (χ1n) is 9.51. The summed E-state index contributed by atoms with van der Waals surface area (Å²) in [6.45, 7) is 0. The van der Waals surface area contributed by atoms with Crippen LogP contribution in [0.1, 0.15) is 37.1 Å². The molecule has 0 saturated carbocycles. The molecule has 4 rings (SSSR count). The Morgan fingerprint density at radius 1 is 0.667 bits per heavy atom. The summed E-state index contributed by atoms with van der Waals surface area (Å²) in [5.41, 5.74) is 3.96. The van der Waals surface area contributed by atoms with E-state index in [0.29, 0.717) is 40.3 Å². The molecule has 0 amide bonds. The summed E-state index contributed by atoms with van der Waals surface area (Å²) in [7, 11) is 6.37. The Balaban J connectivity index is 0.000000312. The van der Waals surface area contributed by atoms with Crippen LogP contribution in [0.15, 0.2) is 34.8 Å². The second kappa shape index (κ2) is 12.3. The predicted molar refractivity (Wildman–Crippen MR) is 136 cm³/mol. The van der Waals surface area contributed by atoms with Crippen LogP contribution in [0.2, 0.25) is 0 Å². The highest BCUT2D eigenvalue weighted by Crippen LogP contribution is 2.35. The molecule has 7 heteroatoms. The molecule has 0 spiro atoms. The number of halogens is 1. The first kappa shape index (κ1) is 28.0. The zero-order valence-corrected chi connectivity index (χ0v) is 19.4. The molecule has 0 atom stereocenters. The first-order chi connectivity index (χ1) is 14.9. The maximum Gasteiger partial charge on any atom is 0.174 e. The van der Waals surface area contributed by atoms with Gasteiger partial charge in [0.1, 0.15) is 0 Å². The summed E-state index contributed by atoms with van der Waals surface area (Å²) in [5.74, 6) is 2.89. The molecule has 6 nitrogen and oxygen atoms in total.